The van der Waals surface area contributed by atoms with Crippen LogP contribution in [0.25, 0.3) is 0 Å². The van der Waals surface area contributed by atoms with Crippen molar-refractivity contribution >= 4 is 7.60 Å². The molecule has 0 aliphatic carbocycles. The van der Waals surface area contributed by atoms with Gasteiger partial charge in [0, 0.05) is 0 Å². The van der Waals surface area contributed by atoms with Gasteiger partial charge in [-0.25, -0.2) is 0 Å². The van der Waals surface area contributed by atoms with Crippen LogP contribution in [0.15, 0.2) is 60.7 Å². The molecule has 0 amide bonds. The summed E-state index contributed by atoms with van der Waals surface area (Å²) in [6.45, 7) is 6.75. The summed E-state index contributed by atoms with van der Waals surface area (Å²) in [4.78, 5) is 18.9. The van der Waals surface area contributed by atoms with Gasteiger partial charge in [0.1, 0.15) is 36.8 Å². The van der Waals surface area contributed by atoms with Crippen LogP contribution in [0.3, 0.4) is 0 Å². The van der Waals surface area contributed by atoms with Gasteiger partial charge in [-0.15, -0.1) is 0 Å². The first-order valence-corrected chi connectivity index (χ1v) is 10.9. The van der Waals surface area contributed by atoms with Gasteiger partial charge in [0.25, 0.3) is 0 Å². The molecule has 0 radical (unpaired) electrons. The van der Waals surface area contributed by atoms with E-state index in [1.165, 1.54) is 6.92 Å². The second kappa shape index (κ2) is 15.1. The Morgan fingerprint density at radius 2 is 1.11 bits per heavy atom. The first kappa shape index (κ1) is 26.1. The summed E-state index contributed by atoms with van der Waals surface area (Å²) < 4.78 is 20.3. The molecule has 0 spiro atoms. The Bertz CT molecular complexity index is 601. The molecular formula is C20H33N2O5P. The molecule has 7 nitrogen and oxygen atoms in total. The smallest absolute Gasteiger partial charge is 0.139 e. The maximum Gasteiger partial charge on any atom is 0.139 e. The van der Waals surface area contributed by atoms with E-state index in [0.717, 1.165) is 11.5 Å². The lowest BCUT2D eigenvalue weighted by atomic mass is 10.3. The van der Waals surface area contributed by atoms with Crippen molar-refractivity contribution in [1.29, 1.82) is 0 Å². The third kappa shape index (κ3) is 17.5. The number of quaternary nitrogens is 2. The summed E-state index contributed by atoms with van der Waals surface area (Å²) in [6.07, 6.45) is -0.285. The summed E-state index contributed by atoms with van der Waals surface area (Å²) >= 11 is 0. The third-order valence-electron chi connectivity index (χ3n) is 2.94. The fourth-order valence-electron chi connectivity index (χ4n) is 1.51. The topological polar surface area (TPSA) is 137 Å². The Kier molecular flexibility index (Phi) is 14.1. The summed E-state index contributed by atoms with van der Waals surface area (Å²) in [5, 5.41) is 0. The molecule has 28 heavy (non-hydrogen) atoms. The Morgan fingerprint density at radius 1 is 0.821 bits per heavy atom. The van der Waals surface area contributed by atoms with E-state index in [-0.39, 0.29) is 6.16 Å². The first-order chi connectivity index (χ1) is 13.1. The Hall–Kier alpha value is -1.89. The third-order valence-corrected chi connectivity index (χ3v) is 3.72. The van der Waals surface area contributed by atoms with Crippen LogP contribution < -0.4 is 30.7 Å². The molecule has 2 atom stereocenters. The van der Waals surface area contributed by atoms with E-state index in [2.05, 4.69) is 11.5 Å². The predicted octanol–water partition coefficient (Wildman–Crippen LogP) is 0.312. The standard InChI is InChI=1S/2C9H13NO.C2H7O3P/c2*1-8(10)7-11-9-5-3-2-4-6-9;1-2-6(3,4)5/h2*2-6,8H,7,10H2,1H3;2H2,1H3,(H2,3,4,5). The van der Waals surface area contributed by atoms with Crippen molar-refractivity contribution in [2.45, 2.75) is 32.9 Å². The lowest BCUT2D eigenvalue weighted by molar-refractivity contribution is -0.418. The van der Waals surface area contributed by atoms with Crippen LogP contribution in [0.5, 0.6) is 11.5 Å². The molecule has 0 saturated carbocycles. The Balaban J connectivity index is 0.000000411. The summed E-state index contributed by atoms with van der Waals surface area (Å²) in [6, 6.07) is 20.3. The quantitative estimate of drug-likeness (QED) is 0.631. The monoisotopic (exact) mass is 412 g/mol. The molecule has 8 heteroatoms. The molecule has 158 valence electrons. The van der Waals surface area contributed by atoms with E-state index in [9.17, 15) is 14.4 Å². The second-order valence-corrected chi connectivity index (χ2v) is 8.24. The van der Waals surface area contributed by atoms with Crippen molar-refractivity contribution in [2.24, 2.45) is 0 Å². The minimum Gasteiger partial charge on any atom is -0.811 e. The number of para-hydroxylation sites is 2. The molecule has 0 heterocycles. The van der Waals surface area contributed by atoms with E-state index in [1.807, 2.05) is 74.5 Å². The van der Waals surface area contributed by atoms with Gasteiger partial charge < -0.3 is 35.3 Å². The molecule has 0 aliphatic rings. The maximum absolute atomic E-state index is 9.47. The summed E-state index contributed by atoms with van der Waals surface area (Å²) in [7, 11) is -4.15. The molecule has 0 aromatic heterocycles. The van der Waals surface area contributed by atoms with E-state index >= 15 is 0 Å². The fraction of sp³-hybridized carbons (Fsp3) is 0.400. The van der Waals surface area contributed by atoms with Gasteiger partial charge in [-0.1, -0.05) is 50.9 Å². The molecule has 6 N–H and O–H groups in total. The van der Waals surface area contributed by atoms with Gasteiger partial charge in [-0.3, -0.25) is 0 Å². The zero-order valence-corrected chi connectivity index (χ0v) is 17.8. The zero-order valence-electron chi connectivity index (χ0n) is 17.0. The van der Waals surface area contributed by atoms with Gasteiger partial charge in [0.15, 0.2) is 0 Å². The lowest BCUT2D eigenvalue weighted by Gasteiger charge is -2.26. The minimum absolute atomic E-state index is 0.285. The number of ether oxygens (including phenoxy) is 2. The van der Waals surface area contributed by atoms with Crippen molar-refractivity contribution < 1.29 is 35.3 Å². The van der Waals surface area contributed by atoms with Gasteiger partial charge >= 0.3 is 0 Å². The average molecular weight is 412 g/mol. The molecule has 2 rings (SSSR count). The molecular weight excluding hydrogens is 379 g/mol. The minimum atomic E-state index is -4.15. The van der Waals surface area contributed by atoms with Crippen molar-refractivity contribution in [2.75, 3.05) is 19.4 Å². The SMILES string of the molecule is CC([NH3+])COc1ccccc1.CC([NH3+])COc1ccccc1.CCP(=O)([O-])[O-]. The Morgan fingerprint density at radius 3 is 1.32 bits per heavy atom. The average Bonchev–Trinajstić information content (AvgIpc) is 2.67. The van der Waals surface area contributed by atoms with Crippen molar-refractivity contribution in [1.82, 2.24) is 0 Å². The highest BCUT2D eigenvalue weighted by molar-refractivity contribution is 7.48. The summed E-state index contributed by atoms with van der Waals surface area (Å²) in [5.41, 5.74) is 7.66. The molecule has 0 bridgehead atoms. The van der Waals surface area contributed by atoms with Crippen LogP contribution in [-0.2, 0) is 4.57 Å². The molecule has 0 saturated heterocycles. The van der Waals surface area contributed by atoms with Crippen LogP contribution in [0, 0.1) is 0 Å². The highest BCUT2D eigenvalue weighted by atomic mass is 31.2. The number of rotatable bonds is 7. The zero-order chi connectivity index (χ0) is 21.4. The molecule has 0 fully saturated rings. The Labute approximate surface area is 167 Å². The van der Waals surface area contributed by atoms with Gasteiger partial charge in [-0.05, 0) is 44.3 Å². The molecule has 2 unspecified atom stereocenters. The van der Waals surface area contributed by atoms with E-state index < -0.39 is 7.60 Å². The maximum atomic E-state index is 9.47. The lowest BCUT2D eigenvalue weighted by Crippen LogP contribution is -2.61. The summed E-state index contributed by atoms with van der Waals surface area (Å²) in [5.74, 6) is 1.84. The van der Waals surface area contributed by atoms with E-state index in [0.29, 0.717) is 25.3 Å². The molecule has 2 aromatic rings. The first-order valence-electron chi connectivity index (χ1n) is 9.17. The van der Waals surface area contributed by atoms with E-state index in [1.54, 1.807) is 0 Å². The van der Waals surface area contributed by atoms with Gasteiger partial charge in [0.2, 0.25) is 0 Å². The number of hydrogen-bond donors (Lipinski definition) is 2. The predicted molar refractivity (Wildman–Crippen MR) is 107 cm³/mol. The van der Waals surface area contributed by atoms with Crippen LogP contribution in [0.4, 0.5) is 0 Å². The van der Waals surface area contributed by atoms with Crippen LogP contribution in [0.2, 0.25) is 0 Å². The van der Waals surface area contributed by atoms with Crippen LogP contribution in [-0.4, -0.2) is 31.5 Å². The van der Waals surface area contributed by atoms with Gasteiger partial charge in [-0.2, -0.15) is 0 Å². The highest BCUT2D eigenvalue weighted by Crippen LogP contribution is 2.20. The van der Waals surface area contributed by atoms with Crippen molar-refractivity contribution in [3.8, 4) is 11.5 Å². The number of benzene rings is 2. The van der Waals surface area contributed by atoms with E-state index in [4.69, 9.17) is 9.47 Å². The van der Waals surface area contributed by atoms with Crippen molar-refractivity contribution in [3.63, 3.8) is 0 Å². The second-order valence-electron chi connectivity index (χ2n) is 6.39. The molecule has 0 aliphatic heterocycles. The van der Waals surface area contributed by atoms with Crippen LogP contribution >= 0.6 is 7.60 Å². The molecule has 2 aromatic carbocycles. The normalized spacial score (nSPS) is 12.4. The van der Waals surface area contributed by atoms with Crippen molar-refractivity contribution in [3.05, 3.63) is 60.7 Å². The van der Waals surface area contributed by atoms with Crippen LogP contribution in [0.1, 0.15) is 20.8 Å². The number of hydrogen-bond acceptors (Lipinski definition) is 5. The fourth-order valence-corrected chi connectivity index (χ4v) is 1.51. The van der Waals surface area contributed by atoms with Gasteiger partial charge in [0.05, 0.1) is 0 Å². The largest absolute Gasteiger partial charge is 0.811 e. The highest BCUT2D eigenvalue weighted by Gasteiger charge is 1.98.